The quantitative estimate of drug-likeness (QED) is 0.191. The highest BCUT2D eigenvalue weighted by molar-refractivity contribution is 6.20. The third-order valence-electron chi connectivity index (χ3n) is 9.09. The van der Waals surface area contributed by atoms with Gasteiger partial charge < -0.3 is 4.42 Å². The smallest absolute Gasteiger partial charge is 0.135 e. The number of fused-ring (bicyclic) bond motifs is 5. The third-order valence-corrected chi connectivity index (χ3v) is 9.09. The van der Waals surface area contributed by atoms with Gasteiger partial charge in [-0.3, -0.25) is 0 Å². The van der Waals surface area contributed by atoms with Gasteiger partial charge in [0.25, 0.3) is 0 Å². The van der Waals surface area contributed by atoms with Gasteiger partial charge in [-0.2, -0.15) is 0 Å². The van der Waals surface area contributed by atoms with E-state index in [1.807, 2.05) is 12.1 Å². The average Bonchev–Trinajstić information content (AvgIpc) is 3.49. The van der Waals surface area contributed by atoms with Crippen molar-refractivity contribution in [3.8, 4) is 44.5 Å². The maximum atomic E-state index is 6.23. The zero-order valence-electron chi connectivity index (χ0n) is 24.6. The molecule has 0 fully saturated rings. The summed E-state index contributed by atoms with van der Waals surface area (Å²) >= 11 is 0. The Kier molecular flexibility index (Phi) is 5.89. The molecule has 0 amide bonds. The minimum Gasteiger partial charge on any atom is -0.456 e. The largest absolute Gasteiger partial charge is 0.456 e. The Labute approximate surface area is 261 Å². The number of benzene rings is 8. The summed E-state index contributed by atoms with van der Waals surface area (Å²) in [6.45, 7) is 0. The molecule has 0 saturated heterocycles. The van der Waals surface area contributed by atoms with Gasteiger partial charge in [0.2, 0.25) is 0 Å². The van der Waals surface area contributed by atoms with E-state index in [2.05, 4.69) is 158 Å². The molecule has 45 heavy (non-hydrogen) atoms. The standard InChI is InChI=1S/C44H28O/c1-3-13-29(14-4-1)32-17-7-8-18-34(32)35-21-12-23-38-40(35)28-39-33(30-15-5-2-6-16-30)20-11-22-37(39)44(38)31-25-26-43-41(27-31)36-19-9-10-24-42(36)45-43/h1-28H. The van der Waals surface area contributed by atoms with Gasteiger partial charge >= 0.3 is 0 Å². The molecule has 1 aromatic heterocycles. The van der Waals surface area contributed by atoms with Crippen LogP contribution < -0.4 is 0 Å². The predicted molar refractivity (Wildman–Crippen MR) is 190 cm³/mol. The van der Waals surface area contributed by atoms with E-state index in [9.17, 15) is 0 Å². The summed E-state index contributed by atoms with van der Waals surface area (Å²) in [6, 6.07) is 61.1. The summed E-state index contributed by atoms with van der Waals surface area (Å²) in [5.74, 6) is 0. The van der Waals surface area contributed by atoms with Crippen molar-refractivity contribution in [1.82, 2.24) is 0 Å². The van der Waals surface area contributed by atoms with E-state index >= 15 is 0 Å². The number of para-hydroxylation sites is 1. The van der Waals surface area contributed by atoms with E-state index in [0.29, 0.717) is 0 Å². The Morgan fingerprint density at radius 3 is 1.56 bits per heavy atom. The van der Waals surface area contributed by atoms with Gasteiger partial charge in [0.15, 0.2) is 0 Å². The Morgan fingerprint density at radius 2 is 0.800 bits per heavy atom. The van der Waals surface area contributed by atoms with Crippen molar-refractivity contribution in [3.05, 3.63) is 170 Å². The molecule has 9 rings (SSSR count). The van der Waals surface area contributed by atoms with Crippen molar-refractivity contribution in [3.63, 3.8) is 0 Å². The molecule has 0 spiro atoms. The molecule has 0 aliphatic rings. The zero-order chi connectivity index (χ0) is 29.7. The van der Waals surface area contributed by atoms with Crippen LogP contribution in [0.25, 0.3) is 88.0 Å². The fraction of sp³-hybridized carbons (Fsp3) is 0. The Hall–Kier alpha value is -5.92. The molecule has 8 aromatic carbocycles. The summed E-state index contributed by atoms with van der Waals surface area (Å²) in [7, 11) is 0. The van der Waals surface area contributed by atoms with Crippen molar-refractivity contribution in [2.45, 2.75) is 0 Å². The molecular formula is C44H28O. The lowest BCUT2D eigenvalue weighted by molar-refractivity contribution is 0.669. The SMILES string of the molecule is c1ccc(-c2ccccc2-c2cccc3c(-c4ccc5oc6ccccc6c5c4)c4cccc(-c5ccccc5)c4cc23)cc1. The molecule has 1 heteroatoms. The average molecular weight is 573 g/mol. The fourth-order valence-corrected chi connectivity index (χ4v) is 7.05. The summed E-state index contributed by atoms with van der Waals surface area (Å²) in [5, 5.41) is 7.24. The van der Waals surface area contributed by atoms with Crippen LogP contribution in [0.2, 0.25) is 0 Å². The lowest BCUT2D eigenvalue weighted by Crippen LogP contribution is -1.91. The van der Waals surface area contributed by atoms with Crippen LogP contribution in [0.3, 0.4) is 0 Å². The number of furan rings is 1. The van der Waals surface area contributed by atoms with Crippen LogP contribution in [-0.2, 0) is 0 Å². The summed E-state index contributed by atoms with van der Waals surface area (Å²) in [5.41, 5.74) is 11.6. The van der Waals surface area contributed by atoms with Crippen LogP contribution in [0.5, 0.6) is 0 Å². The Morgan fingerprint density at radius 1 is 0.267 bits per heavy atom. The first-order chi connectivity index (χ1) is 22.3. The van der Waals surface area contributed by atoms with E-state index in [-0.39, 0.29) is 0 Å². The van der Waals surface area contributed by atoms with Crippen LogP contribution in [0, 0.1) is 0 Å². The molecule has 1 nitrogen and oxygen atoms in total. The zero-order valence-corrected chi connectivity index (χ0v) is 24.6. The van der Waals surface area contributed by atoms with Crippen LogP contribution in [0.4, 0.5) is 0 Å². The van der Waals surface area contributed by atoms with Crippen LogP contribution in [0.15, 0.2) is 174 Å². The molecule has 0 bridgehead atoms. The van der Waals surface area contributed by atoms with Crippen molar-refractivity contribution in [2.75, 3.05) is 0 Å². The minimum absolute atomic E-state index is 0.909. The van der Waals surface area contributed by atoms with Gasteiger partial charge in [0.05, 0.1) is 0 Å². The van der Waals surface area contributed by atoms with Gasteiger partial charge in [-0.1, -0.05) is 146 Å². The third kappa shape index (κ3) is 4.17. The molecule has 0 saturated carbocycles. The van der Waals surface area contributed by atoms with Crippen molar-refractivity contribution in [1.29, 1.82) is 0 Å². The monoisotopic (exact) mass is 572 g/mol. The first kappa shape index (κ1) is 25.6. The molecule has 1 heterocycles. The number of hydrogen-bond acceptors (Lipinski definition) is 1. The molecule has 0 atom stereocenters. The normalized spacial score (nSPS) is 11.6. The van der Waals surface area contributed by atoms with Gasteiger partial charge in [0.1, 0.15) is 11.2 Å². The van der Waals surface area contributed by atoms with Crippen molar-refractivity contribution >= 4 is 43.5 Å². The topological polar surface area (TPSA) is 13.1 Å². The summed E-state index contributed by atoms with van der Waals surface area (Å²) in [4.78, 5) is 0. The fourth-order valence-electron chi connectivity index (χ4n) is 7.05. The van der Waals surface area contributed by atoms with Gasteiger partial charge in [-0.15, -0.1) is 0 Å². The highest BCUT2D eigenvalue weighted by Gasteiger charge is 2.18. The first-order valence-corrected chi connectivity index (χ1v) is 15.4. The second kappa shape index (κ2) is 10.4. The number of hydrogen-bond donors (Lipinski definition) is 0. The Balaban J connectivity index is 1.41. The lowest BCUT2D eigenvalue weighted by atomic mass is 9.85. The first-order valence-electron chi connectivity index (χ1n) is 15.4. The van der Waals surface area contributed by atoms with Crippen molar-refractivity contribution in [2.24, 2.45) is 0 Å². The second-order valence-electron chi connectivity index (χ2n) is 11.6. The second-order valence-corrected chi connectivity index (χ2v) is 11.6. The molecule has 0 N–H and O–H groups in total. The summed E-state index contributed by atoms with van der Waals surface area (Å²) in [6.07, 6.45) is 0. The van der Waals surface area contributed by atoms with E-state index in [0.717, 1.165) is 21.9 Å². The highest BCUT2D eigenvalue weighted by atomic mass is 16.3. The Bertz CT molecular complexity index is 2520. The predicted octanol–water partition coefficient (Wildman–Crippen LogP) is 12.6. The van der Waals surface area contributed by atoms with E-state index < -0.39 is 0 Å². The molecule has 0 radical (unpaired) electrons. The van der Waals surface area contributed by atoms with Crippen LogP contribution in [0.1, 0.15) is 0 Å². The highest BCUT2D eigenvalue weighted by Crippen LogP contribution is 2.45. The molecule has 0 unspecified atom stereocenters. The lowest BCUT2D eigenvalue weighted by Gasteiger charge is -2.18. The van der Waals surface area contributed by atoms with Crippen LogP contribution >= 0.6 is 0 Å². The molecule has 9 aromatic rings. The maximum absolute atomic E-state index is 6.23. The molecule has 210 valence electrons. The molecular weight excluding hydrogens is 544 g/mol. The van der Waals surface area contributed by atoms with E-state index in [1.165, 1.54) is 66.1 Å². The maximum Gasteiger partial charge on any atom is 0.135 e. The molecule has 0 aliphatic carbocycles. The number of rotatable bonds is 4. The van der Waals surface area contributed by atoms with E-state index in [1.54, 1.807) is 0 Å². The van der Waals surface area contributed by atoms with Gasteiger partial charge in [-0.25, -0.2) is 0 Å². The van der Waals surface area contributed by atoms with Crippen LogP contribution in [-0.4, -0.2) is 0 Å². The van der Waals surface area contributed by atoms with Gasteiger partial charge in [0, 0.05) is 10.8 Å². The molecule has 0 aliphatic heterocycles. The summed E-state index contributed by atoms with van der Waals surface area (Å²) < 4.78 is 6.23. The van der Waals surface area contributed by atoms with Crippen molar-refractivity contribution < 1.29 is 4.42 Å². The minimum atomic E-state index is 0.909. The van der Waals surface area contributed by atoms with Gasteiger partial charge in [-0.05, 0) is 90.3 Å². The van der Waals surface area contributed by atoms with E-state index in [4.69, 9.17) is 4.42 Å².